The number of unbranched alkanes of at least 4 members (excludes halogenated alkanes) is 7. The number of hydrogen-bond donors (Lipinski definition) is 0. The topological polar surface area (TPSA) is 22.1 Å². The molecule has 0 aliphatic carbocycles. The van der Waals surface area contributed by atoms with Crippen LogP contribution in [-0.4, -0.2) is 17.8 Å². The average molecular weight is 450 g/mol. The highest BCUT2D eigenvalue weighted by molar-refractivity contribution is 5.61. The van der Waals surface area contributed by atoms with Gasteiger partial charge < -0.3 is 4.74 Å². The smallest absolute Gasteiger partial charge is 0.201 e. The molecule has 2 rings (SSSR count). The second kappa shape index (κ2) is 14.9. The maximum Gasteiger partial charge on any atom is 0.201 e. The van der Waals surface area contributed by atoms with Gasteiger partial charge in [0.25, 0.3) is 0 Å². The fraction of sp³-hybridized carbons (Fsp3) is 0.593. The summed E-state index contributed by atoms with van der Waals surface area (Å²) in [6.07, 6.45) is 12.1. The number of pyridine rings is 1. The summed E-state index contributed by atoms with van der Waals surface area (Å²) >= 11 is 0. The van der Waals surface area contributed by atoms with Crippen LogP contribution < -0.4 is 4.74 Å². The second-order valence-corrected chi connectivity index (χ2v) is 8.54. The van der Waals surface area contributed by atoms with E-state index in [0.717, 1.165) is 44.1 Å². The van der Waals surface area contributed by atoms with Gasteiger partial charge in [0.05, 0.1) is 12.3 Å². The minimum atomic E-state index is -0.980. The second-order valence-electron chi connectivity index (χ2n) is 8.54. The Kier molecular flexibility index (Phi) is 12.2. The molecule has 0 saturated carbocycles. The first kappa shape index (κ1) is 26.2. The molecule has 2 nitrogen and oxygen atoms in total. The van der Waals surface area contributed by atoms with E-state index in [0.29, 0.717) is 31.6 Å². The summed E-state index contributed by atoms with van der Waals surface area (Å²) in [5.74, 6) is -1.99. The van der Waals surface area contributed by atoms with E-state index in [9.17, 15) is 13.2 Å². The summed E-state index contributed by atoms with van der Waals surface area (Å²) in [4.78, 5) is 4.27. The Morgan fingerprint density at radius 3 is 2.25 bits per heavy atom. The van der Waals surface area contributed by atoms with Crippen molar-refractivity contribution in [2.24, 2.45) is 0 Å². The van der Waals surface area contributed by atoms with E-state index in [2.05, 4.69) is 18.8 Å². The van der Waals surface area contributed by atoms with Crippen molar-refractivity contribution in [1.82, 2.24) is 4.98 Å². The molecule has 0 bridgehead atoms. The van der Waals surface area contributed by atoms with E-state index in [4.69, 9.17) is 4.74 Å². The Labute approximate surface area is 191 Å². The van der Waals surface area contributed by atoms with Crippen LogP contribution in [-0.2, 0) is 6.42 Å². The van der Waals surface area contributed by atoms with Gasteiger partial charge in [0.1, 0.15) is 6.17 Å². The molecule has 0 aliphatic rings. The van der Waals surface area contributed by atoms with Crippen molar-refractivity contribution in [3.8, 4) is 17.0 Å². The van der Waals surface area contributed by atoms with Gasteiger partial charge in [0.15, 0.2) is 11.6 Å². The number of halogens is 3. The first-order chi connectivity index (χ1) is 15.6. The number of alkyl halides is 1. The van der Waals surface area contributed by atoms with Crippen LogP contribution in [0.1, 0.15) is 90.0 Å². The molecule has 0 radical (unpaired) electrons. The van der Waals surface area contributed by atoms with Gasteiger partial charge in [-0.15, -0.1) is 0 Å². The molecule has 0 fully saturated rings. The Balaban J connectivity index is 1.86. The standard InChI is InChI=1S/C27H38F3NO/c1-3-5-7-8-9-11-19-32-25-18-16-23(26(29)27(25)30)24-17-14-21(20-31-24)13-15-22(28)12-10-6-4-2/h14,16-18,20,22H,3-13,15,19H2,1-2H3. The molecule has 5 heteroatoms. The first-order valence-corrected chi connectivity index (χ1v) is 12.3. The summed E-state index contributed by atoms with van der Waals surface area (Å²) < 4.78 is 48.5. The molecule has 0 N–H and O–H groups in total. The lowest BCUT2D eigenvalue weighted by atomic mass is 10.0. The van der Waals surface area contributed by atoms with Crippen molar-refractivity contribution in [1.29, 1.82) is 0 Å². The van der Waals surface area contributed by atoms with Crippen molar-refractivity contribution in [2.75, 3.05) is 6.61 Å². The van der Waals surface area contributed by atoms with E-state index in [1.165, 1.54) is 31.4 Å². The van der Waals surface area contributed by atoms with E-state index in [-0.39, 0.29) is 11.3 Å². The largest absolute Gasteiger partial charge is 0.490 e. The van der Waals surface area contributed by atoms with E-state index in [1.54, 1.807) is 18.3 Å². The van der Waals surface area contributed by atoms with Crippen LogP contribution in [0.15, 0.2) is 30.5 Å². The lowest BCUT2D eigenvalue weighted by molar-refractivity contribution is 0.285. The highest BCUT2D eigenvalue weighted by Crippen LogP contribution is 2.29. The SMILES string of the molecule is CCCCCCCCOc1ccc(-c2ccc(CCC(F)CCCCC)cn2)c(F)c1F. The van der Waals surface area contributed by atoms with Crippen molar-refractivity contribution in [2.45, 2.75) is 97.1 Å². The Hall–Kier alpha value is -2.04. The van der Waals surface area contributed by atoms with Gasteiger partial charge in [-0.3, -0.25) is 4.98 Å². The average Bonchev–Trinajstić information content (AvgIpc) is 2.80. The predicted octanol–water partition coefficient (Wildman–Crippen LogP) is 8.62. The molecular weight excluding hydrogens is 411 g/mol. The molecule has 1 atom stereocenters. The van der Waals surface area contributed by atoms with Gasteiger partial charge in [-0.25, -0.2) is 8.78 Å². The quantitative estimate of drug-likeness (QED) is 0.239. The van der Waals surface area contributed by atoms with E-state index >= 15 is 0 Å². The molecule has 1 unspecified atom stereocenters. The third kappa shape index (κ3) is 8.84. The highest BCUT2D eigenvalue weighted by atomic mass is 19.2. The van der Waals surface area contributed by atoms with Crippen LogP contribution in [0.5, 0.6) is 5.75 Å². The molecule has 178 valence electrons. The number of aryl methyl sites for hydroxylation is 1. The van der Waals surface area contributed by atoms with Crippen LogP contribution in [0.25, 0.3) is 11.3 Å². The van der Waals surface area contributed by atoms with Crippen LogP contribution in [0.2, 0.25) is 0 Å². The van der Waals surface area contributed by atoms with Gasteiger partial charge in [0, 0.05) is 11.8 Å². The predicted molar refractivity (Wildman–Crippen MR) is 126 cm³/mol. The molecule has 0 spiro atoms. The van der Waals surface area contributed by atoms with Crippen LogP contribution in [0.4, 0.5) is 13.2 Å². The monoisotopic (exact) mass is 449 g/mol. The number of hydrogen-bond acceptors (Lipinski definition) is 2. The van der Waals surface area contributed by atoms with E-state index in [1.807, 2.05) is 0 Å². The maximum atomic E-state index is 14.6. The minimum absolute atomic E-state index is 0.0616. The zero-order valence-corrected chi connectivity index (χ0v) is 19.6. The lowest BCUT2D eigenvalue weighted by Crippen LogP contribution is -2.03. The van der Waals surface area contributed by atoms with Crippen molar-refractivity contribution in [3.63, 3.8) is 0 Å². The molecule has 2 aromatic rings. The number of aromatic nitrogens is 1. The van der Waals surface area contributed by atoms with Crippen LogP contribution >= 0.6 is 0 Å². The van der Waals surface area contributed by atoms with Crippen molar-refractivity contribution >= 4 is 0 Å². The van der Waals surface area contributed by atoms with Gasteiger partial charge in [-0.1, -0.05) is 71.3 Å². The molecule has 1 heterocycles. The third-order valence-corrected chi connectivity index (χ3v) is 5.77. The Morgan fingerprint density at radius 1 is 0.812 bits per heavy atom. The van der Waals surface area contributed by atoms with Gasteiger partial charge in [-0.05, 0) is 49.4 Å². The maximum absolute atomic E-state index is 14.6. The van der Waals surface area contributed by atoms with E-state index < -0.39 is 17.8 Å². The third-order valence-electron chi connectivity index (χ3n) is 5.77. The van der Waals surface area contributed by atoms with Crippen LogP contribution in [0, 0.1) is 11.6 Å². The number of rotatable bonds is 16. The van der Waals surface area contributed by atoms with Crippen molar-refractivity contribution < 1.29 is 17.9 Å². The molecule has 0 aliphatic heterocycles. The van der Waals surface area contributed by atoms with Crippen molar-refractivity contribution in [3.05, 3.63) is 47.7 Å². The first-order valence-electron chi connectivity index (χ1n) is 12.3. The number of nitrogens with zero attached hydrogens (tertiary/aromatic N) is 1. The molecule has 0 amide bonds. The van der Waals surface area contributed by atoms with Crippen LogP contribution in [0.3, 0.4) is 0 Å². The van der Waals surface area contributed by atoms with Gasteiger partial charge in [-0.2, -0.15) is 4.39 Å². The summed E-state index contributed by atoms with van der Waals surface area (Å²) in [7, 11) is 0. The highest BCUT2D eigenvalue weighted by Gasteiger charge is 2.17. The Morgan fingerprint density at radius 2 is 1.53 bits per heavy atom. The zero-order chi connectivity index (χ0) is 23.2. The summed E-state index contributed by atoms with van der Waals surface area (Å²) in [6.45, 7) is 4.65. The van der Waals surface area contributed by atoms with Gasteiger partial charge >= 0.3 is 0 Å². The molecule has 0 saturated heterocycles. The molecule has 1 aromatic carbocycles. The summed E-state index contributed by atoms with van der Waals surface area (Å²) in [6, 6.07) is 6.43. The minimum Gasteiger partial charge on any atom is -0.490 e. The fourth-order valence-corrected chi connectivity index (χ4v) is 3.72. The lowest BCUT2D eigenvalue weighted by Gasteiger charge is -2.11. The summed E-state index contributed by atoms with van der Waals surface area (Å²) in [5.41, 5.74) is 1.35. The summed E-state index contributed by atoms with van der Waals surface area (Å²) in [5, 5.41) is 0. The number of benzene rings is 1. The van der Waals surface area contributed by atoms with Gasteiger partial charge in [0.2, 0.25) is 5.82 Å². The molecular formula is C27H38F3NO. The zero-order valence-electron chi connectivity index (χ0n) is 19.6. The number of ether oxygens (including phenoxy) is 1. The molecule has 1 aromatic heterocycles. The fourth-order valence-electron chi connectivity index (χ4n) is 3.72. The normalized spacial score (nSPS) is 12.2. The molecule has 32 heavy (non-hydrogen) atoms. The Bertz CT molecular complexity index is 779.